The molecule has 0 aromatic heterocycles. The highest BCUT2D eigenvalue weighted by Crippen LogP contribution is 1.91. The summed E-state index contributed by atoms with van der Waals surface area (Å²) in [7, 11) is 6.16. The molecule has 0 spiro atoms. The van der Waals surface area contributed by atoms with E-state index in [-0.39, 0.29) is 0 Å². The molecular formula is C7H16FN2O+. The Hall–Kier alpha value is -0.640. The van der Waals surface area contributed by atoms with Crippen LogP contribution < -0.4 is 5.32 Å². The van der Waals surface area contributed by atoms with Crippen molar-refractivity contribution in [1.29, 1.82) is 0 Å². The van der Waals surface area contributed by atoms with Crippen LogP contribution in [0.1, 0.15) is 6.42 Å². The van der Waals surface area contributed by atoms with E-state index in [4.69, 9.17) is 0 Å². The van der Waals surface area contributed by atoms with E-state index in [9.17, 15) is 9.18 Å². The molecule has 0 fully saturated rings. The van der Waals surface area contributed by atoms with E-state index in [1.165, 1.54) is 0 Å². The van der Waals surface area contributed by atoms with Gasteiger partial charge >= 0.3 is 6.16 Å². The van der Waals surface area contributed by atoms with Gasteiger partial charge in [-0.1, -0.05) is 0 Å². The quantitative estimate of drug-likeness (QED) is 0.282. The molecule has 0 bridgehead atoms. The number of carbonyl (C=O) groups excluding carboxylic acids is 1. The van der Waals surface area contributed by atoms with Crippen LogP contribution in [0.4, 0.5) is 9.18 Å². The van der Waals surface area contributed by atoms with Gasteiger partial charge in [0.2, 0.25) is 0 Å². The van der Waals surface area contributed by atoms with Crippen molar-refractivity contribution < 1.29 is 13.7 Å². The zero-order valence-electron chi connectivity index (χ0n) is 7.35. The van der Waals surface area contributed by atoms with Crippen LogP contribution in [0.3, 0.4) is 0 Å². The molecular weight excluding hydrogens is 147 g/mol. The lowest BCUT2D eigenvalue weighted by atomic mass is 10.4. The van der Waals surface area contributed by atoms with Gasteiger partial charge in [-0.3, -0.25) is 0 Å². The zero-order chi connectivity index (χ0) is 8.91. The molecule has 0 aliphatic carbocycles. The lowest BCUT2D eigenvalue weighted by molar-refractivity contribution is -0.870. The molecule has 0 aromatic rings. The molecule has 3 nitrogen and oxygen atoms in total. The topological polar surface area (TPSA) is 29.1 Å². The van der Waals surface area contributed by atoms with Gasteiger partial charge in [-0.2, -0.15) is 0 Å². The highest BCUT2D eigenvalue weighted by Gasteiger charge is 2.05. The summed E-state index contributed by atoms with van der Waals surface area (Å²) in [6.45, 7) is 1.35. The van der Waals surface area contributed by atoms with Gasteiger partial charge in [0.15, 0.2) is 0 Å². The maximum absolute atomic E-state index is 11.6. The van der Waals surface area contributed by atoms with Crippen molar-refractivity contribution in [1.82, 2.24) is 5.32 Å². The summed E-state index contributed by atoms with van der Waals surface area (Å²) in [5.74, 6) is 0. The number of hydrogen-bond donors (Lipinski definition) is 1. The van der Waals surface area contributed by atoms with Gasteiger partial charge < -0.3 is 9.80 Å². The van der Waals surface area contributed by atoms with Crippen molar-refractivity contribution in [3.05, 3.63) is 0 Å². The average molecular weight is 163 g/mol. The number of hydrogen-bond acceptors (Lipinski definition) is 1. The first-order valence-corrected chi connectivity index (χ1v) is 3.65. The third-order valence-corrected chi connectivity index (χ3v) is 1.27. The van der Waals surface area contributed by atoms with E-state index >= 15 is 0 Å². The number of rotatable bonds is 4. The molecule has 66 valence electrons. The Morgan fingerprint density at radius 2 is 2.00 bits per heavy atom. The minimum atomic E-state index is -1.44. The molecule has 0 unspecified atom stereocenters. The Balaban J connectivity index is 3.22. The van der Waals surface area contributed by atoms with Crippen LogP contribution in [0.5, 0.6) is 0 Å². The highest BCUT2D eigenvalue weighted by molar-refractivity contribution is 5.65. The predicted molar refractivity (Wildman–Crippen MR) is 42.0 cm³/mol. The predicted octanol–water partition coefficient (Wildman–Crippen LogP) is 0.762. The Morgan fingerprint density at radius 1 is 1.45 bits per heavy atom. The molecule has 4 heteroatoms. The fraction of sp³-hybridized carbons (Fsp3) is 0.857. The van der Waals surface area contributed by atoms with Crippen LogP contribution in [0.15, 0.2) is 0 Å². The van der Waals surface area contributed by atoms with E-state index in [0.717, 1.165) is 17.4 Å². The van der Waals surface area contributed by atoms with Crippen molar-refractivity contribution in [2.45, 2.75) is 6.42 Å². The Morgan fingerprint density at radius 3 is 2.36 bits per heavy atom. The Labute approximate surface area is 66.8 Å². The fourth-order valence-corrected chi connectivity index (χ4v) is 0.740. The first kappa shape index (κ1) is 10.4. The summed E-state index contributed by atoms with van der Waals surface area (Å²) in [4.78, 5) is 9.79. The summed E-state index contributed by atoms with van der Waals surface area (Å²) in [6, 6.07) is 0. The molecule has 0 aliphatic heterocycles. The first-order chi connectivity index (χ1) is 4.92. The zero-order valence-corrected chi connectivity index (χ0v) is 7.35. The van der Waals surface area contributed by atoms with E-state index in [1.54, 1.807) is 0 Å². The van der Waals surface area contributed by atoms with Gasteiger partial charge in [-0.15, -0.1) is 4.39 Å². The number of quaternary nitrogens is 1. The minimum absolute atomic E-state index is 0.421. The number of nitrogens with zero attached hydrogens (tertiary/aromatic N) is 1. The van der Waals surface area contributed by atoms with Crippen LogP contribution in [-0.2, 0) is 0 Å². The van der Waals surface area contributed by atoms with Gasteiger partial charge in [0, 0.05) is 13.0 Å². The second kappa shape index (κ2) is 4.28. The molecule has 0 radical (unpaired) electrons. The smallest absolute Gasteiger partial charge is 0.331 e. The Kier molecular flexibility index (Phi) is 4.03. The third kappa shape index (κ3) is 9.36. The van der Waals surface area contributed by atoms with Crippen molar-refractivity contribution in [3.63, 3.8) is 0 Å². The fourth-order valence-electron chi connectivity index (χ4n) is 0.740. The largest absolute Gasteiger partial charge is 0.397 e. The second-order valence-corrected chi connectivity index (χ2v) is 3.57. The summed E-state index contributed by atoms with van der Waals surface area (Å²) in [5, 5.41) is 2.10. The number of carbonyl (C=O) groups is 1. The maximum Gasteiger partial charge on any atom is 0.397 e. The molecule has 0 atom stereocenters. The third-order valence-electron chi connectivity index (χ3n) is 1.27. The molecule has 0 saturated carbocycles. The Bertz CT molecular complexity index is 131. The van der Waals surface area contributed by atoms with E-state index in [0.29, 0.717) is 6.54 Å². The summed E-state index contributed by atoms with van der Waals surface area (Å²) in [6.07, 6.45) is -0.634. The van der Waals surface area contributed by atoms with Gasteiger partial charge in [-0.05, 0) is 0 Å². The van der Waals surface area contributed by atoms with Crippen LogP contribution in [-0.4, -0.2) is 44.9 Å². The van der Waals surface area contributed by atoms with Crippen LogP contribution in [0.25, 0.3) is 0 Å². The van der Waals surface area contributed by atoms with Gasteiger partial charge in [0.05, 0.1) is 27.7 Å². The van der Waals surface area contributed by atoms with E-state index < -0.39 is 6.16 Å². The summed E-state index contributed by atoms with van der Waals surface area (Å²) < 4.78 is 12.4. The molecule has 0 heterocycles. The van der Waals surface area contributed by atoms with Crippen molar-refractivity contribution in [2.24, 2.45) is 0 Å². The van der Waals surface area contributed by atoms with E-state index in [1.807, 2.05) is 0 Å². The van der Waals surface area contributed by atoms with E-state index in [2.05, 4.69) is 26.5 Å². The van der Waals surface area contributed by atoms with Gasteiger partial charge in [0.25, 0.3) is 0 Å². The van der Waals surface area contributed by atoms with Crippen LogP contribution in [0.2, 0.25) is 0 Å². The molecule has 0 rings (SSSR count). The minimum Gasteiger partial charge on any atom is -0.331 e. The molecule has 0 saturated heterocycles. The standard InChI is InChI=1S/C7H15FN2O/c1-10(2,3)6-4-5-9-7(8)11/h4-6H2,1-3H3/p+1. The highest BCUT2D eigenvalue weighted by atomic mass is 19.1. The van der Waals surface area contributed by atoms with Crippen molar-refractivity contribution in [3.8, 4) is 0 Å². The van der Waals surface area contributed by atoms with Crippen LogP contribution >= 0.6 is 0 Å². The first-order valence-electron chi connectivity index (χ1n) is 3.65. The summed E-state index contributed by atoms with van der Waals surface area (Å²) >= 11 is 0. The molecule has 1 N–H and O–H groups in total. The normalized spacial score (nSPS) is 11.3. The molecule has 0 aliphatic rings. The lowest BCUT2D eigenvalue weighted by Gasteiger charge is -2.23. The monoisotopic (exact) mass is 163 g/mol. The SMILES string of the molecule is C[N+](C)(C)CCCNC(=O)F. The van der Waals surface area contributed by atoms with Gasteiger partial charge in [-0.25, -0.2) is 4.79 Å². The molecule has 1 amide bonds. The maximum atomic E-state index is 11.6. The summed E-state index contributed by atoms with van der Waals surface area (Å²) in [5.41, 5.74) is 0. The van der Waals surface area contributed by atoms with Gasteiger partial charge in [0.1, 0.15) is 0 Å². The average Bonchev–Trinajstić information content (AvgIpc) is 1.78. The van der Waals surface area contributed by atoms with Crippen molar-refractivity contribution >= 4 is 6.16 Å². The number of halogens is 1. The molecule has 11 heavy (non-hydrogen) atoms. The number of nitrogens with one attached hydrogen (secondary N) is 1. The second-order valence-electron chi connectivity index (χ2n) is 3.57. The molecule has 0 aromatic carbocycles. The van der Waals surface area contributed by atoms with Crippen molar-refractivity contribution in [2.75, 3.05) is 34.2 Å². The van der Waals surface area contributed by atoms with Crippen LogP contribution in [0, 0.1) is 0 Å². The number of amides is 1. The lowest BCUT2D eigenvalue weighted by Crippen LogP contribution is -2.37.